The maximum atomic E-state index is 2.54. The van der Waals surface area contributed by atoms with E-state index in [1.165, 1.54) is 22.3 Å². The number of benzene rings is 2. The predicted molar refractivity (Wildman–Crippen MR) is 103 cm³/mol. The van der Waals surface area contributed by atoms with Crippen LogP contribution in [-0.4, -0.2) is 43.5 Å². The van der Waals surface area contributed by atoms with Gasteiger partial charge in [0.1, 0.15) is 0 Å². The Labute approximate surface area is 158 Å². The van der Waals surface area contributed by atoms with Crippen LogP contribution < -0.4 is 0 Å². The van der Waals surface area contributed by atoms with Crippen molar-refractivity contribution in [2.75, 3.05) is 0 Å². The summed E-state index contributed by atoms with van der Waals surface area (Å²) in [4.78, 5) is 0. The van der Waals surface area contributed by atoms with E-state index in [9.17, 15) is 0 Å². The maximum absolute atomic E-state index is 2.54. The quantitative estimate of drug-likeness (QED) is 0.722. The van der Waals surface area contributed by atoms with Crippen molar-refractivity contribution < 1.29 is 0 Å². The van der Waals surface area contributed by atoms with Gasteiger partial charge in [0.05, 0.1) is 0 Å². The summed E-state index contributed by atoms with van der Waals surface area (Å²) in [6.07, 6.45) is 4.98. The van der Waals surface area contributed by atoms with Gasteiger partial charge in [-0.2, -0.15) is 0 Å². The molecule has 0 spiro atoms. The average Bonchev–Trinajstić information content (AvgIpc) is 3.07. The Bertz CT molecular complexity index is 779. The Kier molecular flexibility index (Phi) is 3.92. The molecular weight excluding hydrogens is 282 g/mol. The van der Waals surface area contributed by atoms with Gasteiger partial charge in [0.25, 0.3) is 0 Å². The topological polar surface area (TPSA) is 0 Å². The van der Waals surface area contributed by atoms with Crippen molar-refractivity contribution in [2.24, 2.45) is 0 Å². The molecule has 3 heteroatoms. The molecular formula is C20H18Li2Si. The van der Waals surface area contributed by atoms with E-state index >= 15 is 0 Å². The fourth-order valence-corrected chi connectivity index (χ4v) is 8.45. The Balaban J connectivity index is 1.76. The predicted octanol–water partition coefficient (Wildman–Crippen LogP) is 4.39. The van der Waals surface area contributed by atoms with E-state index in [2.05, 4.69) is 109 Å². The molecule has 2 atom stereocenters. The van der Waals surface area contributed by atoms with E-state index in [0.29, 0.717) is 9.18 Å². The van der Waals surface area contributed by atoms with Crippen LogP contribution in [-0.2, 0) is 0 Å². The standard InChI is InChI=1S/C20H18Si.2Li/c1-21(2,19-11-15-7-3-4-8-16(15)12-19)20-13-17-9-5-6-10-18(17)14-20;;/h3-14H,1-2H3;;. The Morgan fingerprint density at radius 1 is 0.696 bits per heavy atom. The van der Waals surface area contributed by atoms with Crippen molar-refractivity contribution in [3.8, 4) is 0 Å². The monoisotopic (exact) mass is 300 g/mol. The van der Waals surface area contributed by atoms with Crippen LogP contribution in [0.15, 0.2) is 58.9 Å². The Morgan fingerprint density at radius 2 is 1.09 bits per heavy atom. The van der Waals surface area contributed by atoms with Crippen LogP contribution in [0.1, 0.15) is 31.4 Å². The first kappa shape index (κ1) is 15.8. The van der Waals surface area contributed by atoms with Crippen LogP contribution in [0.5, 0.6) is 0 Å². The zero-order chi connectivity index (χ0) is 16.2. The summed E-state index contributed by atoms with van der Waals surface area (Å²) in [5.41, 5.74) is 5.87. The van der Waals surface area contributed by atoms with Crippen LogP contribution >= 0.6 is 0 Å². The molecule has 0 aromatic heterocycles. The van der Waals surface area contributed by atoms with E-state index in [0.717, 1.165) is 0 Å². The molecule has 4 rings (SSSR count). The third kappa shape index (κ3) is 2.43. The van der Waals surface area contributed by atoms with E-state index in [1.807, 2.05) is 0 Å². The molecule has 0 fully saturated rings. The summed E-state index contributed by atoms with van der Waals surface area (Å²) in [5.74, 6) is 0. The van der Waals surface area contributed by atoms with Gasteiger partial charge in [0.2, 0.25) is 0 Å². The van der Waals surface area contributed by atoms with Gasteiger partial charge in [-0.3, -0.25) is 0 Å². The zero-order valence-corrected chi connectivity index (χ0v) is 15.4. The summed E-state index contributed by atoms with van der Waals surface area (Å²) in [7, 11) is -1.64. The fourth-order valence-electron chi connectivity index (χ4n) is 4.60. The van der Waals surface area contributed by atoms with Crippen molar-refractivity contribution in [2.45, 2.75) is 22.3 Å². The molecule has 2 aromatic carbocycles. The van der Waals surface area contributed by atoms with Crippen molar-refractivity contribution >= 4 is 55.7 Å². The first-order valence-corrected chi connectivity index (χ1v) is 11.6. The molecule has 0 heterocycles. The summed E-state index contributed by atoms with van der Waals surface area (Å²) >= 11 is 4.78. The van der Waals surface area contributed by atoms with Gasteiger partial charge < -0.3 is 0 Å². The molecule has 0 amide bonds. The summed E-state index contributed by atoms with van der Waals surface area (Å²) in [6.45, 7) is 5.07. The van der Waals surface area contributed by atoms with Crippen molar-refractivity contribution in [1.82, 2.24) is 0 Å². The van der Waals surface area contributed by atoms with Gasteiger partial charge in [0.15, 0.2) is 0 Å². The average molecular weight is 300 g/mol. The molecule has 0 nitrogen and oxygen atoms in total. The molecule has 2 aromatic rings. The summed E-state index contributed by atoms with van der Waals surface area (Å²) in [5, 5.41) is 3.37. The summed E-state index contributed by atoms with van der Waals surface area (Å²) < 4.78 is 1.12. The third-order valence-electron chi connectivity index (χ3n) is 5.92. The number of hydrogen-bond acceptors (Lipinski definition) is 0. The molecule has 23 heavy (non-hydrogen) atoms. The second-order valence-electron chi connectivity index (χ2n) is 7.53. The van der Waals surface area contributed by atoms with Crippen molar-refractivity contribution in [3.05, 3.63) is 81.2 Å². The van der Waals surface area contributed by atoms with Crippen LogP contribution in [0.25, 0.3) is 12.2 Å². The molecule has 0 saturated heterocycles. The first-order valence-electron chi connectivity index (χ1n) is 8.62. The number of fused-ring (bicyclic) bond motifs is 2. The summed E-state index contributed by atoms with van der Waals surface area (Å²) in [6, 6.07) is 17.8. The SMILES string of the molecule is [Li][CH]1C([Si](C)(C)C2=Cc3ccccc3[CH]2[Li])=Cc2ccccc21. The third-order valence-corrected chi connectivity index (χ3v) is 9.96. The first-order chi connectivity index (χ1) is 11.0. The molecule has 0 saturated carbocycles. The molecule has 2 aliphatic rings. The second kappa shape index (κ2) is 5.70. The van der Waals surface area contributed by atoms with Gasteiger partial charge in [0, 0.05) is 0 Å². The van der Waals surface area contributed by atoms with E-state index in [-0.39, 0.29) is 0 Å². The second-order valence-corrected chi connectivity index (χ2v) is 11.9. The normalized spacial score (nSPS) is 22.5. The Hall–Kier alpha value is -0.668. The zero-order valence-electron chi connectivity index (χ0n) is 14.4. The molecule has 0 radical (unpaired) electrons. The molecule has 2 unspecified atom stereocenters. The van der Waals surface area contributed by atoms with E-state index < -0.39 is 8.07 Å². The van der Waals surface area contributed by atoms with Gasteiger partial charge in [-0.15, -0.1) is 0 Å². The van der Waals surface area contributed by atoms with Crippen molar-refractivity contribution in [1.29, 1.82) is 0 Å². The molecule has 0 aliphatic heterocycles. The van der Waals surface area contributed by atoms with Gasteiger partial charge in [-0.05, 0) is 0 Å². The molecule has 2 aliphatic carbocycles. The van der Waals surface area contributed by atoms with Gasteiger partial charge in [-0.1, -0.05) is 0 Å². The van der Waals surface area contributed by atoms with Crippen LogP contribution in [0, 0.1) is 0 Å². The van der Waals surface area contributed by atoms with Crippen molar-refractivity contribution in [3.63, 3.8) is 0 Å². The fraction of sp³-hybridized carbons (Fsp3) is 0.200. The van der Waals surface area contributed by atoms with Crippen LogP contribution in [0.3, 0.4) is 0 Å². The van der Waals surface area contributed by atoms with E-state index in [1.54, 1.807) is 10.4 Å². The van der Waals surface area contributed by atoms with Gasteiger partial charge >= 0.3 is 159 Å². The molecule has 0 N–H and O–H groups in total. The minimum atomic E-state index is -1.64. The molecule has 104 valence electrons. The van der Waals surface area contributed by atoms with Crippen LogP contribution in [0.2, 0.25) is 13.1 Å². The number of rotatable bonds is 2. The van der Waals surface area contributed by atoms with E-state index in [4.69, 9.17) is 0 Å². The Morgan fingerprint density at radius 3 is 1.48 bits per heavy atom. The number of hydrogen-bond donors (Lipinski definition) is 0. The van der Waals surface area contributed by atoms with Crippen LogP contribution in [0.4, 0.5) is 0 Å². The molecule has 0 bridgehead atoms. The van der Waals surface area contributed by atoms with Gasteiger partial charge in [-0.25, -0.2) is 0 Å². The minimum absolute atomic E-state index is 0.560. The number of allylic oxidation sites excluding steroid dienone is 2.